The van der Waals surface area contributed by atoms with Crippen molar-refractivity contribution in [3.63, 3.8) is 0 Å². The summed E-state index contributed by atoms with van der Waals surface area (Å²) in [7, 11) is 1.80. The van der Waals surface area contributed by atoms with Crippen molar-refractivity contribution in [3.05, 3.63) is 35.6 Å². The number of benzene rings is 1. The number of rotatable bonds is 7. The molecule has 0 aromatic heterocycles. The third-order valence-electron chi connectivity index (χ3n) is 4.81. The highest BCUT2D eigenvalue weighted by molar-refractivity contribution is 14.0. The number of ether oxygens (including phenoxy) is 2. The summed E-state index contributed by atoms with van der Waals surface area (Å²) in [5, 5.41) is 3.42. The Morgan fingerprint density at radius 2 is 2.04 bits per heavy atom. The summed E-state index contributed by atoms with van der Waals surface area (Å²) in [6.07, 6.45) is 3.62. The lowest BCUT2D eigenvalue weighted by Gasteiger charge is -2.38. The standard InChI is InChI=1S/C20H30FN3O2.HI/c1-15-12-24(13-19(26-15)17-6-8-18(21)9-7-17)20(22-2)23-10-3-11-25-14-16-4-5-16;/h6-9,15-16,19H,3-5,10-14H2,1-2H3,(H,22,23);1H. The molecule has 1 aromatic carbocycles. The number of nitrogens with one attached hydrogen (secondary N) is 1. The van der Waals surface area contributed by atoms with Gasteiger partial charge in [0.15, 0.2) is 5.96 Å². The maximum absolute atomic E-state index is 13.2. The van der Waals surface area contributed by atoms with Crippen LogP contribution in [0.15, 0.2) is 29.3 Å². The molecule has 0 radical (unpaired) electrons. The molecule has 5 nitrogen and oxygen atoms in total. The highest BCUT2D eigenvalue weighted by Crippen LogP contribution is 2.28. The van der Waals surface area contributed by atoms with E-state index in [1.807, 2.05) is 0 Å². The zero-order chi connectivity index (χ0) is 18.4. The van der Waals surface area contributed by atoms with Gasteiger partial charge in [0.2, 0.25) is 0 Å². The van der Waals surface area contributed by atoms with Crippen molar-refractivity contribution in [3.8, 4) is 0 Å². The molecule has 1 N–H and O–H groups in total. The maximum Gasteiger partial charge on any atom is 0.193 e. The largest absolute Gasteiger partial charge is 0.381 e. The summed E-state index contributed by atoms with van der Waals surface area (Å²) in [4.78, 5) is 6.64. The Morgan fingerprint density at radius 1 is 1.30 bits per heavy atom. The molecule has 0 spiro atoms. The molecule has 2 fully saturated rings. The van der Waals surface area contributed by atoms with Crippen molar-refractivity contribution < 1.29 is 13.9 Å². The monoisotopic (exact) mass is 491 g/mol. The molecular formula is C20H31FIN3O2. The van der Waals surface area contributed by atoms with E-state index in [0.717, 1.165) is 50.2 Å². The smallest absolute Gasteiger partial charge is 0.193 e. The summed E-state index contributed by atoms with van der Waals surface area (Å²) in [5.74, 6) is 1.47. The zero-order valence-corrected chi connectivity index (χ0v) is 18.5. The minimum Gasteiger partial charge on any atom is -0.381 e. The van der Waals surface area contributed by atoms with E-state index in [1.165, 1.54) is 25.0 Å². The highest BCUT2D eigenvalue weighted by atomic mass is 127. The van der Waals surface area contributed by atoms with Crippen LogP contribution >= 0.6 is 24.0 Å². The fourth-order valence-electron chi connectivity index (χ4n) is 3.23. The van der Waals surface area contributed by atoms with Gasteiger partial charge in [-0.3, -0.25) is 4.99 Å². The lowest BCUT2D eigenvalue weighted by atomic mass is 10.1. The first kappa shape index (κ1) is 22.4. The molecule has 2 unspecified atom stereocenters. The van der Waals surface area contributed by atoms with Gasteiger partial charge in [0.25, 0.3) is 0 Å². The maximum atomic E-state index is 13.2. The summed E-state index contributed by atoms with van der Waals surface area (Å²) in [6, 6.07) is 6.56. The van der Waals surface area contributed by atoms with Crippen LogP contribution in [-0.4, -0.2) is 56.9 Å². The first-order valence-corrected chi connectivity index (χ1v) is 9.60. The van der Waals surface area contributed by atoms with Crippen molar-refractivity contribution >= 4 is 29.9 Å². The Bertz CT molecular complexity index is 595. The van der Waals surface area contributed by atoms with E-state index < -0.39 is 0 Å². The van der Waals surface area contributed by atoms with Crippen LogP contribution in [0.5, 0.6) is 0 Å². The van der Waals surface area contributed by atoms with E-state index in [0.29, 0.717) is 6.54 Å². The van der Waals surface area contributed by atoms with Crippen molar-refractivity contribution in [2.24, 2.45) is 10.9 Å². The quantitative estimate of drug-likeness (QED) is 0.274. The molecule has 152 valence electrons. The van der Waals surface area contributed by atoms with E-state index in [-0.39, 0.29) is 42.0 Å². The van der Waals surface area contributed by atoms with Crippen molar-refractivity contribution in [2.45, 2.75) is 38.4 Å². The molecule has 1 heterocycles. The molecule has 27 heavy (non-hydrogen) atoms. The summed E-state index contributed by atoms with van der Waals surface area (Å²) >= 11 is 0. The Balaban J connectivity index is 0.00000261. The van der Waals surface area contributed by atoms with Crippen LogP contribution in [0.25, 0.3) is 0 Å². The number of hydrogen-bond acceptors (Lipinski definition) is 3. The summed E-state index contributed by atoms with van der Waals surface area (Å²) in [5.41, 5.74) is 0.992. The van der Waals surface area contributed by atoms with Gasteiger partial charge in [-0.25, -0.2) is 4.39 Å². The number of morpholine rings is 1. The van der Waals surface area contributed by atoms with Gasteiger partial charge in [-0.15, -0.1) is 24.0 Å². The third-order valence-corrected chi connectivity index (χ3v) is 4.81. The first-order valence-electron chi connectivity index (χ1n) is 9.60. The van der Waals surface area contributed by atoms with E-state index in [2.05, 4.69) is 22.1 Å². The normalized spacial score (nSPS) is 23.1. The van der Waals surface area contributed by atoms with Gasteiger partial charge in [-0.2, -0.15) is 0 Å². The molecule has 1 saturated heterocycles. The Labute approximate surface area is 178 Å². The predicted molar refractivity (Wildman–Crippen MR) is 116 cm³/mol. The van der Waals surface area contributed by atoms with Crippen molar-refractivity contribution in [2.75, 3.05) is 39.9 Å². The summed E-state index contributed by atoms with van der Waals surface area (Å²) in [6.45, 7) is 6.09. The number of nitrogens with zero attached hydrogens (tertiary/aromatic N) is 2. The van der Waals surface area contributed by atoms with Gasteiger partial charge in [-0.1, -0.05) is 12.1 Å². The molecule has 7 heteroatoms. The Morgan fingerprint density at radius 3 is 2.70 bits per heavy atom. The lowest BCUT2D eigenvalue weighted by Crippen LogP contribution is -2.50. The van der Waals surface area contributed by atoms with Crippen molar-refractivity contribution in [1.29, 1.82) is 0 Å². The van der Waals surface area contributed by atoms with Crippen LogP contribution in [-0.2, 0) is 9.47 Å². The second-order valence-electron chi connectivity index (χ2n) is 7.24. The number of halogens is 2. The molecule has 3 rings (SSSR count). The Hall–Kier alpha value is -0.930. The van der Waals surface area contributed by atoms with E-state index in [4.69, 9.17) is 9.47 Å². The highest BCUT2D eigenvalue weighted by Gasteiger charge is 2.28. The van der Waals surface area contributed by atoms with Gasteiger partial charge in [0, 0.05) is 33.4 Å². The van der Waals surface area contributed by atoms with Crippen LogP contribution in [0.1, 0.15) is 37.9 Å². The molecule has 2 aliphatic rings. The molecular weight excluding hydrogens is 460 g/mol. The molecule has 1 aliphatic heterocycles. The molecule has 1 aliphatic carbocycles. The molecule has 1 aromatic rings. The van der Waals surface area contributed by atoms with Crippen LogP contribution < -0.4 is 5.32 Å². The number of aliphatic imine (C=N–C) groups is 1. The zero-order valence-electron chi connectivity index (χ0n) is 16.2. The minimum atomic E-state index is -0.226. The topological polar surface area (TPSA) is 46.1 Å². The minimum absolute atomic E-state index is 0. The predicted octanol–water partition coefficient (Wildman–Crippen LogP) is 3.60. The SMILES string of the molecule is CN=C(NCCCOCC1CC1)N1CC(C)OC(c2ccc(F)cc2)C1.I. The van der Waals surface area contributed by atoms with Crippen LogP contribution in [0.2, 0.25) is 0 Å². The van der Waals surface area contributed by atoms with Gasteiger partial charge < -0.3 is 19.7 Å². The first-order chi connectivity index (χ1) is 12.7. The summed E-state index contributed by atoms with van der Waals surface area (Å²) < 4.78 is 24.9. The molecule has 0 amide bonds. The Kier molecular flexibility index (Phi) is 9.25. The molecule has 2 atom stereocenters. The van der Waals surface area contributed by atoms with E-state index in [9.17, 15) is 4.39 Å². The van der Waals surface area contributed by atoms with Gasteiger partial charge in [-0.05, 0) is 49.8 Å². The van der Waals surface area contributed by atoms with E-state index in [1.54, 1.807) is 19.2 Å². The lowest BCUT2D eigenvalue weighted by molar-refractivity contribution is -0.0605. The van der Waals surface area contributed by atoms with Gasteiger partial charge >= 0.3 is 0 Å². The molecule has 0 bridgehead atoms. The second kappa shape index (κ2) is 11.2. The average molecular weight is 491 g/mol. The van der Waals surface area contributed by atoms with Gasteiger partial charge in [0.05, 0.1) is 12.6 Å². The van der Waals surface area contributed by atoms with Crippen LogP contribution in [0, 0.1) is 11.7 Å². The average Bonchev–Trinajstić information content (AvgIpc) is 3.45. The fraction of sp³-hybridized carbons (Fsp3) is 0.650. The molecule has 1 saturated carbocycles. The van der Waals surface area contributed by atoms with Crippen LogP contribution in [0.3, 0.4) is 0 Å². The fourth-order valence-corrected chi connectivity index (χ4v) is 3.23. The van der Waals surface area contributed by atoms with Crippen LogP contribution in [0.4, 0.5) is 4.39 Å². The number of hydrogen-bond donors (Lipinski definition) is 1. The second-order valence-corrected chi connectivity index (χ2v) is 7.24. The van der Waals surface area contributed by atoms with Crippen molar-refractivity contribution in [1.82, 2.24) is 10.2 Å². The third kappa shape index (κ3) is 7.19. The number of guanidine groups is 1. The van der Waals surface area contributed by atoms with E-state index >= 15 is 0 Å². The van der Waals surface area contributed by atoms with Gasteiger partial charge in [0.1, 0.15) is 11.9 Å².